The molecule has 0 radical (unpaired) electrons. The van der Waals surface area contributed by atoms with Crippen LogP contribution in [0.15, 0.2) is 48.5 Å². The number of para-hydroxylation sites is 2. The molecular formula is C15H13F2NO2. The number of benzene rings is 2. The number of hydrogen-bond donors (Lipinski definition) is 1. The van der Waals surface area contributed by atoms with E-state index in [1.54, 1.807) is 37.3 Å². The first-order valence-electron chi connectivity index (χ1n) is 5.99. The number of hydrogen-bond acceptors (Lipinski definition) is 2. The van der Waals surface area contributed by atoms with Crippen molar-refractivity contribution in [2.45, 2.75) is 13.5 Å². The minimum Gasteiger partial charge on any atom is -0.433 e. The van der Waals surface area contributed by atoms with Crippen molar-refractivity contribution in [3.63, 3.8) is 0 Å². The molecule has 0 saturated carbocycles. The molecule has 0 atom stereocenters. The summed E-state index contributed by atoms with van der Waals surface area (Å²) in [4.78, 5) is 12.1. The number of carbonyl (C=O) groups excluding carboxylic acids is 1. The summed E-state index contributed by atoms with van der Waals surface area (Å²) in [5, 5.41) is 2.58. The Morgan fingerprint density at radius 1 is 1.10 bits per heavy atom. The predicted molar refractivity (Wildman–Crippen MR) is 72.2 cm³/mol. The van der Waals surface area contributed by atoms with E-state index < -0.39 is 6.61 Å². The standard InChI is InChI=1S/C15H13F2NO2/c1-10-6-2-3-7-11(10)14(19)18-12-8-4-5-9-13(12)20-15(16)17/h2-9,15H,1H3,(H,18,19). The smallest absolute Gasteiger partial charge is 0.387 e. The monoisotopic (exact) mass is 277 g/mol. The zero-order valence-corrected chi connectivity index (χ0v) is 10.8. The first kappa shape index (κ1) is 14.0. The third-order valence-corrected chi connectivity index (χ3v) is 2.74. The molecule has 1 N–H and O–H groups in total. The zero-order valence-electron chi connectivity index (χ0n) is 10.8. The Morgan fingerprint density at radius 2 is 1.75 bits per heavy atom. The van der Waals surface area contributed by atoms with Gasteiger partial charge >= 0.3 is 6.61 Å². The van der Waals surface area contributed by atoms with Crippen LogP contribution >= 0.6 is 0 Å². The maximum absolute atomic E-state index is 12.3. The number of ether oxygens (including phenoxy) is 1. The molecule has 0 bridgehead atoms. The minimum absolute atomic E-state index is 0.0653. The fourth-order valence-corrected chi connectivity index (χ4v) is 1.79. The molecular weight excluding hydrogens is 264 g/mol. The SMILES string of the molecule is Cc1ccccc1C(=O)Nc1ccccc1OC(F)F. The van der Waals surface area contributed by atoms with Crippen molar-refractivity contribution in [2.24, 2.45) is 0 Å². The molecule has 0 aliphatic carbocycles. The zero-order chi connectivity index (χ0) is 14.5. The van der Waals surface area contributed by atoms with E-state index in [2.05, 4.69) is 10.1 Å². The maximum Gasteiger partial charge on any atom is 0.387 e. The first-order chi connectivity index (χ1) is 9.58. The van der Waals surface area contributed by atoms with Crippen LogP contribution in [0.4, 0.5) is 14.5 Å². The van der Waals surface area contributed by atoms with Crippen molar-refractivity contribution in [2.75, 3.05) is 5.32 Å². The Hall–Kier alpha value is -2.43. The molecule has 0 aliphatic rings. The molecule has 0 unspecified atom stereocenters. The van der Waals surface area contributed by atoms with Crippen LogP contribution in [0.3, 0.4) is 0 Å². The minimum atomic E-state index is -2.94. The van der Waals surface area contributed by atoms with E-state index in [-0.39, 0.29) is 17.3 Å². The Kier molecular flexibility index (Phi) is 4.30. The Morgan fingerprint density at radius 3 is 2.45 bits per heavy atom. The van der Waals surface area contributed by atoms with Crippen LogP contribution in [0, 0.1) is 6.92 Å². The summed E-state index contributed by atoms with van der Waals surface area (Å²) in [6, 6.07) is 13.1. The predicted octanol–water partition coefficient (Wildman–Crippen LogP) is 3.85. The molecule has 0 heterocycles. The highest BCUT2D eigenvalue weighted by Crippen LogP contribution is 2.26. The van der Waals surface area contributed by atoms with Gasteiger partial charge in [0.15, 0.2) is 0 Å². The summed E-state index contributed by atoms with van der Waals surface area (Å²) in [7, 11) is 0. The van der Waals surface area contributed by atoms with Crippen molar-refractivity contribution < 1.29 is 18.3 Å². The van der Waals surface area contributed by atoms with Crippen LogP contribution < -0.4 is 10.1 Å². The summed E-state index contributed by atoms with van der Waals surface area (Å²) in [6.45, 7) is -1.14. The lowest BCUT2D eigenvalue weighted by atomic mass is 10.1. The molecule has 2 aromatic rings. The number of alkyl halides is 2. The lowest BCUT2D eigenvalue weighted by Crippen LogP contribution is -2.14. The van der Waals surface area contributed by atoms with Gasteiger partial charge in [-0.1, -0.05) is 30.3 Å². The van der Waals surface area contributed by atoms with E-state index >= 15 is 0 Å². The molecule has 1 amide bonds. The van der Waals surface area contributed by atoms with Crippen molar-refractivity contribution in [1.82, 2.24) is 0 Å². The van der Waals surface area contributed by atoms with E-state index in [0.717, 1.165) is 5.56 Å². The van der Waals surface area contributed by atoms with E-state index in [4.69, 9.17) is 0 Å². The molecule has 5 heteroatoms. The van der Waals surface area contributed by atoms with Gasteiger partial charge in [0.05, 0.1) is 5.69 Å². The molecule has 3 nitrogen and oxygen atoms in total. The van der Waals surface area contributed by atoms with Gasteiger partial charge < -0.3 is 10.1 Å². The highest BCUT2D eigenvalue weighted by Gasteiger charge is 2.13. The van der Waals surface area contributed by atoms with Crippen molar-refractivity contribution in [3.8, 4) is 5.75 Å². The van der Waals surface area contributed by atoms with E-state index in [9.17, 15) is 13.6 Å². The largest absolute Gasteiger partial charge is 0.433 e. The Labute approximate surface area is 115 Å². The summed E-state index contributed by atoms with van der Waals surface area (Å²) in [5.41, 5.74) is 1.50. The number of rotatable bonds is 4. The van der Waals surface area contributed by atoms with Gasteiger partial charge in [0.25, 0.3) is 5.91 Å². The lowest BCUT2D eigenvalue weighted by Gasteiger charge is -2.12. The number of amides is 1. The molecule has 0 aromatic heterocycles. The van der Waals surface area contributed by atoms with Gasteiger partial charge in [0.2, 0.25) is 0 Å². The van der Waals surface area contributed by atoms with Crippen LogP contribution in [0.1, 0.15) is 15.9 Å². The normalized spacial score (nSPS) is 10.4. The van der Waals surface area contributed by atoms with Gasteiger partial charge in [-0.3, -0.25) is 4.79 Å². The molecule has 104 valence electrons. The molecule has 0 saturated heterocycles. The van der Waals surface area contributed by atoms with Crippen LogP contribution in [0.5, 0.6) is 5.75 Å². The first-order valence-corrected chi connectivity index (χ1v) is 5.99. The molecule has 0 fully saturated rings. The Balaban J connectivity index is 2.22. The van der Waals surface area contributed by atoms with Gasteiger partial charge in [-0.2, -0.15) is 8.78 Å². The van der Waals surface area contributed by atoms with Crippen LogP contribution in [0.25, 0.3) is 0 Å². The summed E-state index contributed by atoms with van der Waals surface area (Å²) in [5.74, 6) is -0.433. The van der Waals surface area contributed by atoms with Gasteiger partial charge in [0, 0.05) is 5.56 Å². The quantitative estimate of drug-likeness (QED) is 0.921. The fraction of sp³-hybridized carbons (Fsp3) is 0.133. The third kappa shape index (κ3) is 3.32. The number of aryl methyl sites for hydroxylation is 1. The van der Waals surface area contributed by atoms with Crippen molar-refractivity contribution >= 4 is 11.6 Å². The molecule has 0 spiro atoms. The number of anilines is 1. The van der Waals surface area contributed by atoms with Crippen LogP contribution in [-0.4, -0.2) is 12.5 Å². The van der Waals surface area contributed by atoms with Gasteiger partial charge in [0.1, 0.15) is 5.75 Å². The molecule has 0 aliphatic heterocycles. The van der Waals surface area contributed by atoms with Gasteiger partial charge in [-0.05, 0) is 30.7 Å². The van der Waals surface area contributed by atoms with Crippen molar-refractivity contribution in [1.29, 1.82) is 0 Å². The maximum atomic E-state index is 12.3. The topological polar surface area (TPSA) is 38.3 Å². The summed E-state index contributed by atoms with van der Waals surface area (Å²) in [6.07, 6.45) is 0. The summed E-state index contributed by atoms with van der Waals surface area (Å²) >= 11 is 0. The second-order valence-corrected chi connectivity index (χ2v) is 4.14. The number of halogens is 2. The number of carbonyl (C=O) groups is 1. The van der Waals surface area contributed by atoms with E-state index in [1.807, 2.05) is 6.07 Å². The van der Waals surface area contributed by atoms with E-state index in [0.29, 0.717) is 5.56 Å². The summed E-state index contributed by atoms with van der Waals surface area (Å²) < 4.78 is 28.9. The van der Waals surface area contributed by atoms with E-state index in [1.165, 1.54) is 12.1 Å². The second kappa shape index (κ2) is 6.14. The molecule has 2 rings (SSSR count). The van der Waals surface area contributed by atoms with Gasteiger partial charge in [-0.25, -0.2) is 0 Å². The Bertz CT molecular complexity index is 614. The lowest BCUT2D eigenvalue weighted by molar-refractivity contribution is -0.0493. The average molecular weight is 277 g/mol. The fourth-order valence-electron chi connectivity index (χ4n) is 1.79. The average Bonchev–Trinajstić information content (AvgIpc) is 2.41. The highest BCUT2D eigenvalue weighted by atomic mass is 19.3. The highest BCUT2D eigenvalue weighted by molar-refractivity contribution is 6.05. The second-order valence-electron chi connectivity index (χ2n) is 4.14. The van der Waals surface area contributed by atoms with Crippen LogP contribution in [0.2, 0.25) is 0 Å². The third-order valence-electron chi connectivity index (χ3n) is 2.74. The molecule has 2 aromatic carbocycles. The van der Waals surface area contributed by atoms with Crippen LogP contribution in [-0.2, 0) is 0 Å². The van der Waals surface area contributed by atoms with Crippen molar-refractivity contribution in [3.05, 3.63) is 59.7 Å². The number of nitrogens with one attached hydrogen (secondary N) is 1. The molecule has 20 heavy (non-hydrogen) atoms. The van der Waals surface area contributed by atoms with Gasteiger partial charge in [-0.15, -0.1) is 0 Å².